The molecule has 128 valence electrons. The summed E-state index contributed by atoms with van der Waals surface area (Å²) >= 11 is 0. The summed E-state index contributed by atoms with van der Waals surface area (Å²) in [5.74, 6) is 0.631. The molecule has 0 bridgehead atoms. The molecule has 5 heteroatoms. The third-order valence-corrected chi connectivity index (χ3v) is 5.27. The van der Waals surface area contributed by atoms with Gasteiger partial charge in [-0.2, -0.15) is 0 Å². The van der Waals surface area contributed by atoms with Gasteiger partial charge in [0.2, 0.25) is 0 Å². The number of benzene rings is 1. The van der Waals surface area contributed by atoms with E-state index in [9.17, 15) is 9.59 Å². The third-order valence-electron chi connectivity index (χ3n) is 5.27. The molecule has 1 unspecified atom stereocenters. The van der Waals surface area contributed by atoms with Crippen molar-refractivity contribution in [3.63, 3.8) is 0 Å². The minimum absolute atomic E-state index is 0.126. The minimum atomic E-state index is -0.843. The van der Waals surface area contributed by atoms with Gasteiger partial charge in [-0.15, -0.1) is 0 Å². The van der Waals surface area contributed by atoms with Crippen molar-refractivity contribution in [2.45, 2.75) is 44.7 Å². The molecule has 3 amide bonds. The molecule has 1 heterocycles. The van der Waals surface area contributed by atoms with Crippen LogP contribution in [0, 0.1) is 0 Å². The van der Waals surface area contributed by atoms with E-state index >= 15 is 0 Å². The first kappa shape index (κ1) is 16.6. The fourth-order valence-corrected chi connectivity index (χ4v) is 3.55. The number of imide groups is 1. The zero-order valence-electron chi connectivity index (χ0n) is 14.5. The SMILES string of the molecule is COc1ccc(CN2C(=O)N(C)C(C)(C3=CCCCC3)C2=O)cc1. The lowest BCUT2D eigenvalue weighted by Crippen LogP contribution is -2.47. The van der Waals surface area contributed by atoms with E-state index in [2.05, 4.69) is 6.08 Å². The van der Waals surface area contributed by atoms with E-state index in [0.29, 0.717) is 0 Å². The smallest absolute Gasteiger partial charge is 0.327 e. The summed E-state index contributed by atoms with van der Waals surface area (Å²) < 4.78 is 5.15. The molecule has 1 aromatic rings. The standard InChI is InChI=1S/C19H24N2O3/c1-19(15-7-5-4-6-8-15)17(22)21(18(23)20(19)2)13-14-9-11-16(24-3)12-10-14/h7,9-12H,4-6,8,13H2,1-3H3. The summed E-state index contributed by atoms with van der Waals surface area (Å²) in [5, 5.41) is 0. The molecule has 1 aromatic carbocycles. The minimum Gasteiger partial charge on any atom is -0.497 e. The van der Waals surface area contributed by atoms with Gasteiger partial charge in [-0.1, -0.05) is 18.2 Å². The van der Waals surface area contributed by atoms with Crippen molar-refractivity contribution in [3.8, 4) is 5.75 Å². The van der Waals surface area contributed by atoms with Gasteiger partial charge in [0.1, 0.15) is 11.3 Å². The zero-order chi connectivity index (χ0) is 17.3. The van der Waals surface area contributed by atoms with Gasteiger partial charge < -0.3 is 9.64 Å². The lowest BCUT2D eigenvalue weighted by atomic mass is 9.83. The van der Waals surface area contributed by atoms with Crippen LogP contribution in [0.1, 0.15) is 38.2 Å². The molecule has 0 N–H and O–H groups in total. The highest BCUT2D eigenvalue weighted by molar-refractivity contribution is 6.08. The Balaban J connectivity index is 1.85. The first-order valence-electron chi connectivity index (χ1n) is 8.40. The van der Waals surface area contributed by atoms with Gasteiger partial charge in [-0.05, 0) is 55.9 Å². The summed E-state index contributed by atoms with van der Waals surface area (Å²) in [4.78, 5) is 28.7. The molecule has 3 rings (SSSR count). The Kier molecular flexibility index (Phi) is 4.35. The van der Waals surface area contributed by atoms with Crippen LogP contribution in [-0.4, -0.2) is 41.4 Å². The van der Waals surface area contributed by atoms with Gasteiger partial charge in [0.25, 0.3) is 5.91 Å². The number of hydrogen-bond acceptors (Lipinski definition) is 3. The second-order valence-corrected chi connectivity index (χ2v) is 6.63. The number of nitrogens with zero attached hydrogens (tertiary/aromatic N) is 2. The highest BCUT2D eigenvalue weighted by atomic mass is 16.5. The monoisotopic (exact) mass is 328 g/mol. The molecule has 1 saturated heterocycles. The molecule has 24 heavy (non-hydrogen) atoms. The van der Waals surface area contributed by atoms with Crippen molar-refractivity contribution < 1.29 is 14.3 Å². The number of urea groups is 1. The van der Waals surface area contributed by atoms with Gasteiger partial charge in [-0.25, -0.2) is 4.79 Å². The van der Waals surface area contributed by atoms with E-state index in [4.69, 9.17) is 4.74 Å². The predicted molar refractivity (Wildman–Crippen MR) is 91.7 cm³/mol. The number of methoxy groups -OCH3 is 1. The maximum atomic E-state index is 13.1. The van der Waals surface area contributed by atoms with Crippen LogP contribution in [0.25, 0.3) is 0 Å². The summed E-state index contributed by atoms with van der Waals surface area (Å²) in [6, 6.07) is 7.22. The lowest BCUT2D eigenvalue weighted by Gasteiger charge is -2.33. The Morgan fingerprint density at radius 3 is 2.46 bits per heavy atom. The molecule has 2 aliphatic rings. The number of likely N-dealkylation sites (N-methyl/N-ethyl adjacent to an activating group) is 1. The molecule has 1 aliphatic carbocycles. The Bertz CT molecular complexity index is 680. The molecule has 1 aliphatic heterocycles. The average Bonchev–Trinajstić information content (AvgIpc) is 2.79. The summed E-state index contributed by atoms with van der Waals surface area (Å²) in [6.45, 7) is 2.16. The number of allylic oxidation sites excluding steroid dienone is 1. The predicted octanol–water partition coefficient (Wildman–Crippen LogP) is 3.35. The van der Waals surface area contributed by atoms with Crippen LogP contribution in [-0.2, 0) is 11.3 Å². The van der Waals surface area contributed by atoms with Crippen molar-refractivity contribution in [1.82, 2.24) is 9.80 Å². The molecule has 1 fully saturated rings. The second kappa shape index (κ2) is 6.30. The van der Waals surface area contributed by atoms with Crippen LogP contribution < -0.4 is 4.74 Å². The Morgan fingerprint density at radius 1 is 1.17 bits per heavy atom. The van der Waals surface area contributed by atoms with Crippen molar-refractivity contribution in [3.05, 3.63) is 41.5 Å². The maximum Gasteiger partial charge on any atom is 0.327 e. The molecule has 0 spiro atoms. The fourth-order valence-electron chi connectivity index (χ4n) is 3.55. The molecule has 0 radical (unpaired) electrons. The fraction of sp³-hybridized carbons (Fsp3) is 0.474. The largest absolute Gasteiger partial charge is 0.497 e. The molecule has 0 aromatic heterocycles. The van der Waals surface area contributed by atoms with Crippen LogP contribution >= 0.6 is 0 Å². The molecule has 5 nitrogen and oxygen atoms in total. The second-order valence-electron chi connectivity index (χ2n) is 6.63. The third kappa shape index (κ3) is 2.58. The maximum absolute atomic E-state index is 13.1. The Morgan fingerprint density at radius 2 is 1.88 bits per heavy atom. The first-order chi connectivity index (χ1) is 11.5. The molecular weight excluding hydrogens is 304 g/mol. The van der Waals surface area contributed by atoms with Gasteiger partial charge in [-0.3, -0.25) is 9.69 Å². The van der Waals surface area contributed by atoms with E-state index in [1.165, 1.54) is 4.90 Å². The van der Waals surface area contributed by atoms with Crippen LogP contribution in [0.5, 0.6) is 5.75 Å². The lowest BCUT2D eigenvalue weighted by molar-refractivity contribution is -0.131. The van der Waals surface area contributed by atoms with Gasteiger partial charge in [0.15, 0.2) is 0 Å². The number of ether oxygens (including phenoxy) is 1. The number of carbonyl (C=O) groups excluding carboxylic acids is 2. The van der Waals surface area contributed by atoms with E-state index in [1.807, 2.05) is 31.2 Å². The van der Waals surface area contributed by atoms with E-state index < -0.39 is 5.54 Å². The quantitative estimate of drug-likeness (QED) is 0.629. The molecular formula is C19H24N2O3. The summed E-state index contributed by atoms with van der Waals surface area (Å²) in [7, 11) is 3.34. The van der Waals surface area contributed by atoms with Crippen molar-refractivity contribution in [2.75, 3.05) is 14.2 Å². The van der Waals surface area contributed by atoms with Gasteiger partial charge >= 0.3 is 6.03 Å². The van der Waals surface area contributed by atoms with Gasteiger partial charge in [0.05, 0.1) is 13.7 Å². The van der Waals surface area contributed by atoms with Crippen LogP contribution in [0.2, 0.25) is 0 Å². The number of carbonyl (C=O) groups is 2. The van der Waals surface area contributed by atoms with Crippen LogP contribution in [0.15, 0.2) is 35.9 Å². The number of hydrogen-bond donors (Lipinski definition) is 0. The summed E-state index contributed by atoms with van der Waals surface area (Å²) in [5.41, 5.74) is 1.14. The Labute approximate surface area is 142 Å². The van der Waals surface area contributed by atoms with E-state index in [1.54, 1.807) is 19.1 Å². The van der Waals surface area contributed by atoms with Crippen molar-refractivity contribution in [1.29, 1.82) is 0 Å². The number of rotatable bonds is 4. The highest BCUT2D eigenvalue weighted by Crippen LogP contribution is 2.38. The topological polar surface area (TPSA) is 49.9 Å². The normalized spacial score (nSPS) is 24.4. The average molecular weight is 328 g/mol. The van der Waals surface area contributed by atoms with Crippen LogP contribution in [0.3, 0.4) is 0 Å². The zero-order valence-corrected chi connectivity index (χ0v) is 14.5. The van der Waals surface area contributed by atoms with E-state index in [0.717, 1.165) is 42.6 Å². The number of amides is 3. The first-order valence-corrected chi connectivity index (χ1v) is 8.40. The van der Waals surface area contributed by atoms with Gasteiger partial charge in [0, 0.05) is 7.05 Å². The van der Waals surface area contributed by atoms with Crippen molar-refractivity contribution in [2.24, 2.45) is 0 Å². The summed E-state index contributed by atoms with van der Waals surface area (Å²) in [6.07, 6.45) is 6.24. The van der Waals surface area contributed by atoms with Crippen LogP contribution in [0.4, 0.5) is 4.79 Å². The highest BCUT2D eigenvalue weighted by Gasteiger charge is 2.54. The van der Waals surface area contributed by atoms with E-state index in [-0.39, 0.29) is 18.5 Å². The van der Waals surface area contributed by atoms with Crippen molar-refractivity contribution >= 4 is 11.9 Å². The molecule has 1 atom stereocenters. The Hall–Kier alpha value is -2.30. The molecule has 0 saturated carbocycles.